The van der Waals surface area contributed by atoms with Gasteiger partial charge in [-0.3, -0.25) is 21.3 Å². The molecule has 0 aliphatic heterocycles. The Morgan fingerprint density at radius 3 is 0.370 bits per heavy atom. The Labute approximate surface area is 781 Å². The molecule has 12 aliphatic rings. The van der Waals surface area contributed by atoms with Crippen LogP contribution in [0.15, 0.2) is 13.2 Å². The normalized spacial score (nSPS) is 18.2. The van der Waals surface area contributed by atoms with E-state index < -0.39 is 60.1 Å². The molecule has 13 heteroatoms. The van der Waals surface area contributed by atoms with E-state index in [1.807, 2.05) is 0 Å². The van der Waals surface area contributed by atoms with Gasteiger partial charge in [0.15, 0.2) is 0 Å². The summed E-state index contributed by atoms with van der Waals surface area (Å²) in [6.07, 6.45) is 95.0. The third-order valence-electron chi connectivity index (χ3n) is 18.4. The van der Waals surface area contributed by atoms with Crippen LogP contribution in [0.4, 0.5) is 0 Å². The third-order valence-corrected chi connectivity index (χ3v) is 18.4. The van der Waals surface area contributed by atoms with E-state index in [1.54, 1.807) is 0 Å². The monoisotopic (exact) mass is 1920 g/mol. The summed E-state index contributed by atoms with van der Waals surface area (Å²) in [5, 5.41) is 15.0. The van der Waals surface area contributed by atoms with Crippen molar-refractivity contribution < 1.29 is 101 Å². The smallest absolute Gasteiger partial charge is 4.00 e. The van der Waals surface area contributed by atoms with Crippen LogP contribution in [0.25, 0.3) is 0 Å². The summed E-state index contributed by atoms with van der Waals surface area (Å²) in [5.41, 5.74) is 0. The Kier molecular flexibility index (Phi) is 175. The van der Waals surface area contributed by atoms with Gasteiger partial charge in [-0.1, -0.05) is 334 Å². The molecule has 4 nitrogen and oxygen atoms in total. The van der Waals surface area contributed by atoms with Crippen molar-refractivity contribution in [3.63, 3.8) is 0 Å². The average molecular weight is 1930 g/mol. The number of rotatable bonds is 8. The standard InChI is InChI=1S/2C14H28N2.8C5H10.C2H4.C2H2.23CH3.3Al.2ClH.4Zr/c2*1-12(15-13-8-4-2-5-9-13)16-14-10-6-3-7-11-14;8*1-2-4-5-3-1;2*1-2;;;;;;;;;;;;;;;;;;;;;;;;;;;;;;;;/h2*12-16H,2-11H2,1H3;8*1-5H2;1-2H2;1-2H;23*1H3;;;;2*1H;;;;/q;;;;;;;;;;;;;;;;;;;;;;;;14*-1;;;4*+4/p-2/i;;;;;;;;;;;1D;;;;;;;;;;;;;;;;;;;;;;;;;;;;;;;;. The van der Waals surface area contributed by atoms with Gasteiger partial charge >= 0.3 is 116 Å². The van der Waals surface area contributed by atoms with Gasteiger partial charge in [0.25, 0.3) is 0 Å². The summed E-state index contributed by atoms with van der Waals surface area (Å²) in [4.78, 5) is 0. The molecular formula is C95H211Al3Cl2N4Zr4. The topological polar surface area (TPSA) is 48.1 Å². The predicted octanol–water partition coefficient (Wildman–Crippen LogP) is 35.2. The number of halogens is 2. The van der Waals surface area contributed by atoms with Gasteiger partial charge in [0.05, 0.1) is 12.3 Å². The van der Waals surface area contributed by atoms with Crippen molar-refractivity contribution in [1.82, 2.24) is 21.3 Å². The zero-order chi connectivity index (χ0) is 71.6. The van der Waals surface area contributed by atoms with E-state index in [0.717, 1.165) is 24.2 Å². The maximum atomic E-state index is 5.74. The van der Waals surface area contributed by atoms with Crippen molar-refractivity contribution in [3.8, 4) is 12.8 Å². The fraction of sp³-hybridized carbons (Fsp3) is 0.842. The molecule has 0 radical (unpaired) electrons. The average Bonchev–Trinajstić information content (AvgIpc) is 1.83. The largest absolute Gasteiger partial charge is 4.00 e. The van der Waals surface area contributed by atoms with E-state index in [4.69, 9.17) is 18.4 Å². The minimum Gasteiger partial charge on any atom is 4.00 e. The first-order valence-corrected chi connectivity index (χ1v) is 63.0. The van der Waals surface area contributed by atoms with Gasteiger partial charge in [-0.05, 0) is 65.2 Å². The second-order valence-corrected chi connectivity index (χ2v) is 60.6. The maximum Gasteiger partial charge on any atom is 4.00 e. The molecule has 0 aromatic heterocycles. The van der Waals surface area contributed by atoms with E-state index in [-0.39, 0.29) is 160 Å². The minimum atomic E-state index is -0.833. The summed E-state index contributed by atoms with van der Waals surface area (Å²) in [6.45, 7) is 10.6. The van der Waals surface area contributed by atoms with Crippen LogP contribution in [0.2, 0.25) is 69.4 Å². The summed E-state index contributed by atoms with van der Waals surface area (Å²) in [7, 11) is 9.87. The van der Waals surface area contributed by atoms with E-state index in [0.29, 0.717) is 12.3 Å². The molecule has 0 unspecified atom stereocenters. The van der Waals surface area contributed by atoms with Crippen molar-refractivity contribution in [3.05, 3.63) is 94.9 Å². The number of hydrogen-bond acceptors (Lipinski definition) is 4. The van der Waals surface area contributed by atoms with Crippen LogP contribution in [0, 0.1) is 94.5 Å². The minimum absolute atomic E-state index is 0. The van der Waals surface area contributed by atoms with Crippen LogP contribution in [0.5, 0.6) is 0 Å². The predicted molar refractivity (Wildman–Crippen MR) is 515 cm³/mol. The molecule has 12 fully saturated rings. The fourth-order valence-corrected chi connectivity index (χ4v) is 13.7. The Morgan fingerprint density at radius 1 is 0.250 bits per heavy atom. The van der Waals surface area contributed by atoms with Crippen LogP contribution in [0.1, 0.15) is 400 Å². The quantitative estimate of drug-likeness (QED) is 0.0643. The van der Waals surface area contributed by atoms with Gasteiger partial charge in [0, 0.05) is 24.2 Å². The van der Waals surface area contributed by atoms with Crippen molar-refractivity contribution in [2.45, 2.75) is 505 Å². The number of hydrogen-bond donors (Lipinski definition) is 4. The van der Waals surface area contributed by atoms with Gasteiger partial charge in [-0.15, -0.1) is 26.0 Å². The Bertz CT molecular complexity index is 1150. The van der Waals surface area contributed by atoms with Crippen LogP contribution in [-0.2, 0) is 99.5 Å². The molecule has 12 saturated carbocycles. The first kappa shape index (κ1) is 154. The summed E-state index contributed by atoms with van der Waals surface area (Å²) >= 11 is -3.33. The number of nitrogens with one attached hydrogen (secondary N) is 4. The Hall–Kier alpha value is 4.85. The molecule has 0 saturated heterocycles. The maximum absolute atomic E-state index is 5.74. The molecule has 4 N–H and O–H groups in total. The van der Waals surface area contributed by atoms with Crippen molar-refractivity contribution >= 4 is 56.3 Å². The molecule has 0 aromatic carbocycles. The first-order valence-electron chi connectivity index (χ1n) is 43.3. The van der Waals surface area contributed by atoms with E-state index in [1.165, 1.54) is 392 Å². The van der Waals surface area contributed by atoms with E-state index in [9.17, 15) is 0 Å². The van der Waals surface area contributed by atoms with E-state index >= 15 is 0 Å². The molecular weight excluding hydrogens is 1710 g/mol. The van der Waals surface area contributed by atoms with Crippen molar-refractivity contribution in [2.75, 3.05) is 0 Å². The van der Waals surface area contributed by atoms with Crippen LogP contribution in [0.3, 0.4) is 0 Å². The van der Waals surface area contributed by atoms with Crippen molar-refractivity contribution in [1.29, 1.82) is 0 Å². The molecule has 12 aliphatic carbocycles. The van der Waals surface area contributed by atoms with Gasteiger partial charge in [-0.2, -0.15) is 0 Å². The first-order chi connectivity index (χ1) is 45.5. The van der Waals surface area contributed by atoms with Gasteiger partial charge < -0.3 is 81.7 Å². The second-order valence-electron chi connectivity index (χ2n) is 36.1. The third kappa shape index (κ3) is 155. The molecule has 12 rings (SSSR count). The molecule has 0 aromatic rings. The second kappa shape index (κ2) is 123. The molecule has 108 heavy (non-hydrogen) atoms. The van der Waals surface area contributed by atoms with Gasteiger partial charge in [0.1, 0.15) is 40.6 Å². The van der Waals surface area contributed by atoms with Crippen LogP contribution in [-0.4, -0.2) is 75.7 Å². The Balaban J connectivity index is -0.0000000519. The molecule has 0 heterocycles. The molecule has 0 bridgehead atoms. The summed E-state index contributed by atoms with van der Waals surface area (Å²) in [5.74, 6) is 28.3. The van der Waals surface area contributed by atoms with Gasteiger partial charge in [-0.25, -0.2) is 69.4 Å². The van der Waals surface area contributed by atoms with Gasteiger partial charge in [0.2, 0.25) is 0 Å². The van der Waals surface area contributed by atoms with Crippen LogP contribution >= 0.6 is 17.0 Å². The molecule has 0 spiro atoms. The number of terminal acetylenes is 1. The molecule has 0 atom stereocenters. The molecule has 0 amide bonds. The van der Waals surface area contributed by atoms with Crippen molar-refractivity contribution in [2.24, 2.45) is 0 Å². The zero-order valence-corrected chi connectivity index (χ0v) is 94.7. The Morgan fingerprint density at radius 2 is 0.306 bits per heavy atom. The van der Waals surface area contributed by atoms with E-state index in [2.05, 4.69) is 124 Å². The van der Waals surface area contributed by atoms with Crippen LogP contribution < -0.4 is 21.3 Å². The molecule has 650 valence electrons. The summed E-state index contributed by atoms with van der Waals surface area (Å²) < 4.78 is 5.74. The summed E-state index contributed by atoms with van der Waals surface area (Å²) in [6, 6.07) is 3.11. The SMILES string of the molecule is C1CCCC1.C1CCCC1.C1CCCC1.C1CCCC1.C1CCCC1.C1CCCC1.C1CCCC1.C1CCCC1.C=C.CC(NC1CCCCC1)NC1CCCCC1.CC(NC1CCCCC1)NC1CCCCC1.[2H]C#C.[CH3-].[CH3-].[CH3-].[CH3-].[CH3-].[CH3-].[CH3-].[CH3-].[CH3-].[CH3-].[CH3-].[CH3][Al-]([CH3])([CH3])[CH3].[CH3][Al-]([CH3])([CH3])[CH3].[CH3][Al-]([CH3])([CH3])[CH3].[Cl][Zr+2][Cl].[Zr+4].[Zr+4].[Zr+4]. The fourth-order valence-electron chi connectivity index (χ4n) is 13.7. The zero-order valence-electron chi connectivity index (χ0n) is 80.9.